The summed E-state index contributed by atoms with van der Waals surface area (Å²) >= 11 is 0. The zero-order valence-electron chi connectivity index (χ0n) is 18.8. The molecule has 1 saturated heterocycles. The first kappa shape index (κ1) is 21.7. The van der Waals surface area contributed by atoms with Crippen molar-refractivity contribution >= 4 is 11.9 Å². The van der Waals surface area contributed by atoms with Gasteiger partial charge in [0, 0.05) is 63.4 Å². The van der Waals surface area contributed by atoms with Crippen LogP contribution in [0, 0.1) is 11.8 Å². The van der Waals surface area contributed by atoms with Gasteiger partial charge in [-0.3, -0.25) is 9.69 Å². The van der Waals surface area contributed by atoms with Gasteiger partial charge in [0.25, 0.3) is 0 Å². The number of carbonyl (C=O) groups excluding carboxylic acids is 1. The molecule has 0 unspecified atom stereocenters. The van der Waals surface area contributed by atoms with Gasteiger partial charge in [0.2, 0.25) is 11.9 Å². The second kappa shape index (κ2) is 9.77. The highest BCUT2D eigenvalue weighted by molar-refractivity contribution is 5.76. The van der Waals surface area contributed by atoms with Crippen LogP contribution in [0.3, 0.4) is 0 Å². The lowest BCUT2D eigenvalue weighted by molar-refractivity contribution is -0.131. The highest BCUT2D eigenvalue weighted by Gasteiger charge is 2.40. The van der Waals surface area contributed by atoms with Crippen LogP contribution in [0.4, 0.5) is 5.95 Å². The number of hydrogen-bond acceptors (Lipinski definition) is 6. The standard InChI is InChI=1S/C23H35N7O/c1-3-6-30-15-17(11-22(31)28(2)7-4-8-29-9-5-25-16-29)10-18-12-20-19(13-21(18)30)14-26-23(24)27-20/h5,9,14,16-18,21H,3-4,6-8,10-13,15H2,1-2H3,(H2,24,26,27)/t17-,18-,21-/m1/s1. The topological polar surface area (TPSA) is 93.2 Å². The third-order valence-electron chi connectivity index (χ3n) is 6.87. The Labute approximate surface area is 184 Å². The van der Waals surface area contributed by atoms with Crippen LogP contribution in [0.2, 0.25) is 0 Å². The van der Waals surface area contributed by atoms with Gasteiger partial charge in [-0.2, -0.15) is 0 Å². The molecule has 2 aliphatic rings. The van der Waals surface area contributed by atoms with E-state index in [1.807, 2.05) is 30.7 Å². The number of imidazole rings is 1. The number of amides is 1. The molecule has 3 atom stereocenters. The first-order chi connectivity index (χ1) is 15.0. The zero-order valence-corrected chi connectivity index (χ0v) is 18.8. The molecule has 1 aliphatic carbocycles. The van der Waals surface area contributed by atoms with Crippen LogP contribution in [0.25, 0.3) is 0 Å². The number of aryl methyl sites for hydroxylation is 1. The van der Waals surface area contributed by atoms with Gasteiger partial charge in [0.15, 0.2) is 0 Å². The van der Waals surface area contributed by atoms with E-state index < -0.39 is 0 Å². The number of anilines is 1. The maximum Gasteiger partial charge on any atom is 0.222 e. The van der Waals surface area contributed by atoms with E-state index in [0.717, 1.165) is 64.0 Å². The largest absolute Gasteiger partial charge is 0.368 e. The van der Waals surface area contributed by atoms with Gasteiger partial charge in [-0.1, -0.05) is 6.92 Å². The molecule has 168 valence electrons. The second-order valence-corrected chi connectivity index (χ2v) is 9.21. The molecular weight excluding hydrogens is 390 g/mol. The van der Waals surface area contributed by atoms with Gasteiger partial charge in [-0.15, -0.1) is 0 Å². The fourth-order valence-corrected chi connectivity index (χ4v) is 5.35. The quantitative estimate of drug-likeness (QED) is 0.695. The van der Waals surface area contributed by atoms with Gasteiger partial charge in [-0.05, 0) is 56.0 Å². The van der Waals surface area contributed by atoms with Crippen LogP contribution in [0.5, 0.6) is 0 Å². The number of likely N-dealkylation sites (tertiary alicyclic amines) is 1. The fourth-order valence-electron chi connectivity index (χ4n) is 5.35. The summed E-state index contributed by atoms with van der Waals surface area (Å²) < 4.78 is 2.06. The molecule has 0 saturated carbocycles. The first-order valence-corrected chi connectivity index (χ1v) is 11.6. The molecule has 0 spiro atoms. The van der Waals surface area contributed by atoms with Crippen LogP contribution in [-0.2, 0) is 24.2 Å². The second-order valence-electron chi connectivity index (χ2n) is 9.21. The van der Waals surface area contributed by atoms with Crippen LogP contribution < -0.4 is 5.73 Å². The lowest BCUT2D eigenvalue weighted by Crippen LogP contribution is -2.53. The van der Waals surface area contributed by atoms with Crippen molar-refractivity contribution in [2.45, 2.75) is 58.0 Å². The molecule has 31 heavy (non-hydrogen) atoms. The maximum absolute atomic E-state index is 12.9. The Morgan fingerprint density at radius 3 is 2.97 bits per heavy atom. The Morgan fingerprint density at radius 1 is 1.32 bits per heavy atom. The summed E-state index contributed by atoms with van der Waals surface area (Å²) in [6.45, 7) is 5.99. The summed E-state index contributed by atoms with van der Waals surface area (Å²) in [4.78, 5) is 30.2. The summed E-state index contributed by atoms with van der Waals surface area (Å²) in [5.74, 6) is 1.55. The number of nitrogens with zero attached hydrogens (tertiary/aromatic N) is 6. The Kier molecular flexibility index (Phi) is 6.85. The molecule has 0 radical (unpaired) electrons. The Bertz CT molecular complexity index is 869. The Balaban J connectivity index is 1.35. The van der Waals surface area contributed by atoms with Gasteiger partial charge in [-0.25, -0.2) is 15.0 Å². The number of hydrogen-bond donors (Lipinski definition) is 1. The van der Waals surface area contributed by atoms with Crippen molar-refractivity contribution in [2.24, 2.45) is 11.8 Å². The smallest absolute Gasteiger partial charge is 0.222 e. The van der Waals surface area contributed by atoms with E-state index in [-0.39, 0.29) is 5.91 Å². The van der Waals surface area contributed by atoms with Gasteiger partial charge in [0.05, 0.1) is 6.33 Å². The van der Waals surface area contributed by atoms with E-state index in [1.165, 1.54) is 5.56 Å². The number of nitrogens with two attached hydrogens (primary N) is 1. The number of carbonyl (C=O) groups is 1. The first-order valence-electron chi connectivity index (χ1n) is 11.6. The molecule has 0 aromatic carbocycles. The minimum absolute atomic E-state index is 0.258. The molecule has 1 amide bonds. The van der Waals surface area contributed by atoms with Gasteiger partial charge < -0.3 is 15.2 Å². The molecule has 2 aromatic rings. The van der Waals surface area contributed by atoms with Crippen LogP contribution >= 0.6 is 0 Å². The molecule has 1 aliphatic heterocycles. The lowest BCUT2D eigenvalue weighted by Gasteiger charge is -2.47. The van der Waals surface area contributed by atoms with Gasteiger partial charge in [0.1, 0.15) is 0 Å². The van der Waals surface area contributed by atoms with Crippen molar-refractivity contribution in [1.29, 1.82) is 0 Å². The lowest BCUT2D eigenvalue weighted by atomic mass is 9.73. The van der Waals surface area contributed by atoms with Crippen molar-refractivity contribution in [3.63, 3.8) is 0 Å². The minimum Gasteiger partial charge on any atom is -0.368 e. The monoisotopic (exact) mass is 425 g/mol. The third kappa shape index (κ3) is 5.23. The van der Waals surface area contributed by atoms with E-state index in [4.69, 9.17) is 5.73 Å². The number of aromatic nitrogens is 4. The zero-order chi connectivity index (χ0) is 21.8. The molecule has 2 aromatic heterocycles. The van der Waals surface area contributed by atoms with Crippen molar-refractivity contribution in [3.05, 3.63) is 36.2 Å². The van der Waals surface area contributed by atoms with Gasteiger partial charge >= 0.3 is 0 Å². The molecule has 0 bridgehead atoms. The van der Waals surface area contributed by atoms with Crippen LogP contribution in [0.1, 0.15) is 43.9 Å². The molecule has 2 N–H and O–H groups in total. The molecule has 8 nitrogen and oxygen atoms in total. The summed E-state index contributed by atoms with van der Waals surface area (Å²) in [6, 6.07) is 0.527. The molecule has 1 fully saturated rings. The highest BCUT2D eigenvalue weighted by atomic mass is 16.2. The van der Waals surface area contributed by atoms with E-state index in [1.54, 1.807) is 6.20 Å². The highest BCUT2D eigenvalue weighted by Crippen LogP contribution is 2.37. The van der Waals surface area contributed by atoms with Crippen molar-refractivity contribution in [1.82, 2.24) is 29.3 Å². The minimum atomic E-state index is 0.258. The SMILES string of the molecule is CCCN1C[C@@H](CC(=O)N(C)CCCn2ccnc2)C[C@@H]2Cc3nc(N)ncc3C[C@H]21. The average Bonchev–Trinajstić information content (AvgIpc) is 3.26. The Hall–Kier alpha value is -2.48. The molecule has 4 rings (SSSR count). The number of fused-ring (bicyclic) bond motifs is 2. The molecular formula is C23H35N7O. The number of rotatable bonds is 8. The van der Waals surface area contributed by atoms with Crippen molar-refractivity contribution in [3.8, 4) is 0 Å². The third-order valence-corrected chi connectivity index (χ3v) is 6.87. The maximum atomic E-state index is 12.9. The number of nitrogen functional groups attached to an aromatic ring is 1. The summed E-state index contributed by atoms with van der Waals surface area (Å²) in [6.07, 6.45) is 13.2. The summed E-state index contributed by atoms with van der Waals surface area (Å²) in [5.41, 5.74) is 8.18. The van der Waals surface area contributed by atoms with E-state index >= 15 is 0 Å². The van der Waals surface area contributed by atoms with Crippen molar-refractivity contribution < 1.29 is 4.79 Å². The normalized spacial score (nSPS) is 23.2. The summed E-state index contributed by atoms with van der Waals surface area (Å²) in [5, 5.41) is 0. The van der Waals surface area contributed by atoms with E-state index in [2.05, 4.69) is 31.3 Å². The van der Waals surface area contributed by atoms with E-state index in [0.29, 0.717) is 30.2 Å². The average molecular weight is 426 g/mol. The summed E-state index contributed by atoms with van der Waals surface area (Å²) in [7, 11) is 1.93. The van der Waals surface area contributed by atoms with Crippen LogP contribution in [0.15, 0.2) is 24.9 Å². The predicted octanol–water partition coefficient (Wildman–Crippen LogP) is 2.01. The van der Waals surface area contributed by atoms with Crippen molar-refractivity contribution in [2.75, 3.05) is 32.4 Å². The molecule has 3 heterocycles. The van der Waals surface area contributed by atoms with E-state index in [9.17, 15) is 4.79 Å². The fraction of sp³-hybridized carbons (Fsp3) is 0.652. The number of piperidine rings is 1. The van der Waals surface area contributed by atoms with Crippen LogP contribution in [-0.4, -0.2) is 67.9 Å². The Morgan fingerprint density at radius 2 is 2.19 bits per heavy atom. The molecule has 8 heteroatoms. The predicted molar refractivity (Wildman–Crippen MR) is 120 cm³/mol.